The van der Waals surface area contributed by atoms with E-state index in [-0.39, 0.29) is 18.8 Å². The van der Waals surface area contributed by atoms with Crippen LogP contribution in [0.4, 0.5) is 0 Å². The Morgan fingerprint density at radius 3 is 2.32 bits per heavy atom. The standard InChI is InChI=1S/C12H22N4O5Si/c1-22(2,3)11-8(12(20)21)16(15-14-11)4-6-9(18)10(19)7(5-17)13-6/h6-7,9-10,13,17-19H,4-5H2,1-3H3,(H,20,21)/t6-,7-,9-,10-/m1/s1. The van der Waals surface area contributed by atoms with Crippen LogP contribution >= 0.6 is 0 Å². The van der Waals surface area contributed by atoms with E-state index in [4.69, 9.17) is 5.11 Å². The summed E-state index contributed by atoms with van der Waals surface area (Å²) < 4.78 is 1.24. The second-order valence-electron chi connectivity index (χ2n) is 6.57. The molecule has 1 fully saturated rings. The number of aromatic nitrogens is 3. The summed E-state index contributed by atoms with van der Waals surface area (Å²) in [5.41, 5.74) is 0.0232. The number of hydrogen-bond acceptors (Lipinski definition) is 7. The van der Waals surface area contributed by atoms with E-state index >= 15 is 0 Å². The van der Waals surface area contributed by atoms with Gasteiger partial charge in [0.2, 0.25) is 0 Å². The molecule has 1 aliphatic heterocycles. The Labute approximate surface area is 128 Å². The second kappa shape index (κ2) is 6.05. The average molecular weight is 330 g/mol. The Bertz CT molecular complexity index is 558. The molecule has 0 aliphatic carbocycles. The Morgan fingerprint density at radius 1 is 1.27 bits per heavy atom. The molecule has 1 aliphatic rings. The van der Waals surface area contributed by atoms with Gasteiger partial charge in [-0.15, -0.1) is 5.10 Å². The fourth-order valence-electron chi connectivity index (χ4n) is 2.61. The van der Waals surface area contributed by atoms with Crippen molar-refractivity contribution >= 4 is 19.4 Å². The molecule has 9 nitrogen and oxygen atoms in total. The van der Waals surface area contributed by atoms with E-state index in [0.29, 0.717) is 5.32 Å². The first kappa shape index (κ1) is 17.0. The number of carbonyl (C=O) groups is 1. The van der Waals surface area contributed by atoms with Gasteiger partial charge < -0.3 is 25.7 Å². The van der Waals surface area contributed by atoms with E-state index in [0.717, 1.165) is 0 Å². The van der Waals surface area contributed by atoms with E-state index in [1.807, 2.05) is 19.6 Å². The number of nitrogens with zero attached hydrogens (tertiary/aromatic N) is 3. The van der Waals surface area contributed by atoms with Crippen molar-refractivity contribution in [2.45, 2.75) is 50.5 Å². The fraction of sp³-hybridized carbons (Fsp3) is 0.750. The molecule has 1 aromatic heterocycles. The molecule has 0 radical (unpaired) electrons. The maximum atomic E-state index is 11.5. The zero-order valence-corrected chi connectivity index (χ0v) is 13.8. The van der Waals surface area contributed by atoms with Gasteiger partial charge in [-0.2, -0.15) is 0 Å². The molecule has 10 heteroatoms. The number of nitrogens with one attached hydrogen (secondary N) is 1. The fourth-order valence-corrected chi connectivity index (χ4v) is 3.90. The molecule has 124 valence electrons. The minimum atomic E-state index is -1.97. The van der Waals surface area contributed by atoms with Gasteiger partial charge in [-0.1, -0.05) is 24.9 Å². The van der Waals surface area contributed by atoms with Crippen LogP contribution in [0.2, 0.25) is 19.6 Å². The van der Waals surface area contributed by atoms with Crippen molar-refractivity contribution in [3.05, 3.63) is 5.69 Å². The van der Waals surface area contributed by atoms with E-state index in [2.05, 4.69) is 15.6 Å². The number of carboxylic acid groups (broad SMARTS) is 1. The average Bonchev–Trinajstić information content (AvgIpc) is 2.95. The lowest BCUT2D eigenvalue weighted by atomic mass is 10.1. The van der Waals surface area contributed by atoms with Gasteiger partial charge in [-0.25, -0.2) is 9.48 Å². The van der Waals surface area contributed by atoms with Crippen LogP contribution in [0, 0.1) is 0 Å². The molecule has 22 heavy (non-hydrogen) atoms. The largest absolute Gasteiger partial charge is 0.476 e. The van der Waals surface area contributed by atoms with Crippen molar-refractivity contribution in [3.63, 3.8) is 0 Å². The van der Waals surface area contributed by atoms with Gasteiger partial charge in [0.15, 0.2) is 5.69 Å². The molecular weight excluding hydrogens is 308 g/mol. The van der Waals surface area contributed by atoms with Crippen LogP contribution in [0.3, 0.4) is 0 Å². The summed E-state index contributed by atoms with van der Waals surface area (Å²) >= 11 is 0. The highest BCUT2D eigenvalue weighted by molar-refractivity contribution is 6.88. The van der Waals surface area contributed by atoms with E-state index in [9.17, 15) is 20.1 Å². The lowest BCUT2D eigenvalue weighted by Gasteiger charge is -2.17. The predicted molar refractivity (Wildman–Crippen MR) is 79.8 cm³/mol. The van der Waals surface area contributed by atoms with Crippen LogP contribution in [0.1, 0.15) is 10.5 Å². The summed E-state index contributed by atoms with van der Waals surface area (Å²) in [6.07, 6.45) is -2.22. The lowest BCUT2D eigenvalue weighted by molar-refractivity contribution is 0.0174. The number of aliphatic hydroxyl groups excluding tert-OH is 3. The molecule has 1 aromatic rings. The van der Waals surface area contributed by atoms with Gasteiger partial charge in [-0.3, -0.25) is 0 Å². The van der Waals surface area contributed by atoms with E-state index < -0.39 is 38.3 Å². The van der Waals surface area contributed by atoms with Gasteiger partial charge in [0, 0.05) is 0 Å². The maximum Gasteiger partial charge on any atom is 0.355 e. The molecule has 0 amide bonds. The number of aliphatic hydroxyl groups is 3. The summed E-state index contributed by atoms with van der Waals surface area (Å²) in [5.74, 6) is -1.12. The van der Waals surface area contributed by atoms with Crippen LogP contribution in [-0.2, 0) is 6.54 Å². The van der Waals surface area contributed by atoms with E-state index in [1.165, 1.54) is 4.68 Å². The topological polar surface area (TPSA) is 141 Å². The van der Waals surface area contributed by atoms with Gasteiger partial charge in [-0.05, 0) is 0 Å². The quantitative estimate of drug-likeness (QED) is 0.376. The van der Waals surface area contributed by atoms with Crippen LogP contribution in [0.25, 0.3) is 0 Å². The third kappa shape index (κ3) is 3.06. The first-order chi connectivity index (χ1) is 10.2. The first-order valence-electron chi connectivity index (χ1n) is 7.07. The lowest BCUT2D eigenvalue weighted by Crippen LogP contribution is -2.44. The Kier molecular flexibility index (Phi) is 4.68. The van der Waals surface area contributed by atoms with Crippen LogP contribution in [0.15, 0.2) is 0 Å². The van der Waals surface area contributed by atoms with Crippen LogP contribution in [-0.4, -0.2) is 80.4 Å². The number of aromatic carboxylic acids is 1. The smallest absolute Gasteiger partial charge is 0.355 e. The van der Waals surface area contributed by atoms with Gasteiger partial charge >= 0.3 is 5.97 Å². The van der Waals surface area contributed by atoms with Crippen molar-refractivity contribution in [1.82, 2.24) is 20.3 Å². The highest BCUT2D eigenvalue weighted by Gasteiger charge is 2.41. The van der Waals surface area contributed by atoms with Crippen molar-refractivity contribution in [1.29, 1.82) is 0 Å². The summed E-state index contributed by atoms with van der Waals surface area (Å²) in [7, 11) is -1.97. The van der Waals surface area contributed by atoms with Crippen LogP contribution < -0.4 is 10.6 Å². The van der Waals surface area contributed by atoms with Gasteiger partial charge in [0.1, 0.15) is 8.07 Å². The third-order valence-electron chi connectivity index (χ3n) is 3.82. The summed E-state index contributed by atoms with van der Waals surface area (Å²) in [6.45, 7) is 5.65. The molecule has 2 heterocycles. The van der Waals surface area contributed by atoms with E-state index in [1.54, 1.807) is 0 Å². The normalized spacial score (nSPS) is 29.0. The number of hydrogen-bond donors (Lipinski definition) is 5. The minimum Gasteiger partial charge on any atom is -0.476 e. The summed E-state index contributed by atoms with van der Waals surface area (Å²) in [5, 5.41) is 49.6. The highest BCUT2D eigenvalue weighted by atomic mass is 28.3. The Balaban J connectivity index is 2.28. The maximum absolute atomic E-state index is 11.5. The van der Waals surface area contributed by atoms with Crippen molar-refractivity contribution < 1.29 is 25.2 Å². The second-order valence-corrected chi connectivity index (χ2v) is 11.5. The molecule has 2 rings (SSSR count). The third-order valence-corrected chi connectivity index (χ3v) is 5.57. The zero-order valence-electron chi connectivity index (χ0n) is 12.8. The molecule has 1 saturated heterocycles. The summed E-state index contributed by atoms with van der Waals surface area (Å²) in [4.78, 5) is 11.5. The molecule has 4 atom stereocenters. The molecule has 0 bridgehead atoms. The molecule has 0 spiro atoms. The molecule has 0 aromatic carbocycles. The molecule has 5 N–H and O–H groups in total. The Hall–Kier alpha value is -1.33. The molecule has 0 unspecified atom stereocenters. The van der Waals surface area contributed by atoms with Crippen LogP contribution in [0.5, 0.6) is 0 Å². The zero-order chi connectivity index (χ0) is 16.7. The van der Waals surface area contributed by atoms with Gasteiger partial charge in [0.25, 0.3) is 0 Å². The van der Waals surface area contributed by atoms with Crippen molar-refractivity contribution in [2.75, 3.05) is 6.61 Å². The summed E-state index contributed by atoms with van der Waals surface area (Å²) in [6, 6.07) is -1.25. The van der Waals surface area contributed by atoms with Crippen molar-refractivity contribution in [3.8, 4) is 0 Å². The highest BCUT2D eigenvalue weighted by Crippen LogP contribution is 2.16. The Morgan fingerprint density at radius 2 is 1.86 bits per heavy atom. The number of carboxylic acids is 1. The van der Waals surface area contributed by atoms with Crippen molar-refractivity contribution in [2.24, 2.45) is 0 Å². The predicted octanol–water partition coefficient (Wildman–Crippen LogP) is -2.42. The minimum absolute atomic E-state index is 0.0232. The monoisotopic (exact) mass is 330 g/mol. The SMILES string of the molecule is C[Si](C)(C)c1nnn(C[C@H]2N[C@H](CO)[C@@H](O)[C@@H]2O)c1C(=O)O. The molecular formula is C12H22N4O5Si. The number of rotatable bonds is 5. The molecule has 0 saturated carbocycles. The van der Waals surface area contributed by atoms with Gasteiger partial charge in [0.05, 0.1) is 42.8 Å². The first-order valence-corrected chi connectivity index (χ1v) is 10.6.